The summed E-state index contributed by atoms with van der Waals surface area (Å²) in [7, 11) is -3.53. The van der Waals surface area contributed by atoms with Crippen molar-refractivity contribution in [3.8, 4) is 0 Å². The molecule has 0 unspecified atom stereocenters. The predicted molar refractivity (Wildman–Crippen MR) is 97.9 cm³/mol. The van der Waals surface area contributed by atoms with E-state index in [1.807, 2.05) is 30.0 Å². The molecule has 1 aromatic rings. The minimum Gasteiger partial charge on any atom is -0.341 e. The number of sulfonamides is 1. The number of carbonyl (C=O) groups excluding carboxylic acids is 1. The largest absolute Gasteiger partial charge is 0.341 e. The Morgan fingerprint density at radius 3 is 2.48 bits per heavy atom. The first-order valence-electron chi connectivity index (χ1n) is 9.20. The van der Waals surface area contributed by atoms with Gasteiger partial charge in [0.15, 0.2) is 0 Å². The maximum Gasteiger partial charge on any atom is 0.243 e. The number of rotatable bonds is 4. The van der Waals surface area contributed by atoms with Crippen LogP contribution in [0.5, 0.6) is 0 Å². The fraction of sp³-hybridized carbons (Fsp3) is 0.632. The van der Waals surface area contributed by atoms with Crippen molar-refractivity contribution in [2.75, 3.05) is 26.2 Å². The van der Waals surface area contributed by atoms with Crippen molar-refractivity contribution in [2.24, 2.45) is 5.92 Å². The van der Waals surface area contributed by atoms with Gasteiger partial charge in [-0.15, -0.1) is 0 Å². The summed E-state index contributed by atoms with van der Waals surface area (Å²) in [6.07, 6.45) is 2.66. The van der Waals surface area contributed by atoms with Crippen LogP contribution in [0.25, 0.3) is 0 Å². The van der Waals surface area contributed by atoms with Crippen LogP contribution in [-0.4, -0.2) is 49.7 Å². The summed E-state index contributed by atoms with van der Waals surface area (Å²) in [6, 6.07) is 5.70. The Labute approximate surface area is 151 Å². The van der Waals surface area contributed by atoms with E-state index < -0.39 is 10.0 Å². The van der Waals surface area contributed by atoms with Crippen LogP contribution in [0.2, 0.25) is 0 Å². The third kappa shape index (κ3) is 3.90. The van der Waals surface area contributed by atoms with E-state index in [1.54, 1.807) is 4.31 Å². The zero-order valence-corrected chi connectivity index (χ0v) is 16.2. The lowest BCUT2D eigenvalue weighted by atomic mass is 10.0. The molecule has 2 fully saturated rings. The molecule has 0 bridgehead atoms. The fourth-order valence-electron chi connectivity index (χ4n) is 3.34. The first-order valence-corrected chi connectivity index (χ1v) is 10.6. The van der Waals surface area contributed by atoms with Crippen LogP contribution in [0.3, 0.4) is 0 Å². The average molecular weight is 365 g/mol. The lowest BCUT2D eigenvalue weighted by Gasteiger charge is -2.23. The molecule has 138 valence electrons. The molecule has 1 aliphatic heterocycles. The van der Waals surface area contributed by atoms with Gasteiger partial charge < -0.3 is 4.90 Å². The maximum absolute atomic E-state index is 13.2. The molecular formula is C19H28N2O3S. The number of hydrogen-bond acceptors (Lipinski definition) is 3. The summed E-state index contributed by atoms with van der Waals surface area (Å²) in [5.41, 5.74) is 1.81. The van der Waals surface area contributed by atoms with Gasteiger partial charge in [-0.2, -0.15) is 4.31 Å². The van der Waals surface area contributed by atoms with Gasteiger partial charge in [0.1, 0.15) is 0 Å². The minimum atomic E-state index is -3.53. The van der Waals surface area contributed by atoms with E-state index in [1.165, 1.54) is 0 Å². The Hall–Kier alpha value is -1.40. The van der Waals surface area contributed by atoms with Crippen LogP contribution in [0.1, 0.15) is 50.2 Å². The van der Waals surface area contributed by atoms with Crippen LogP contribution in [-0.2, 0) is 14.8 Å². The number of hydrogen-bond donors (Lipinski definition) is 0. The molecule has 0 aromatic heterocycles. The molecule has 0 spiro atoms. The number of amides is 1. The number of carbonyl (C=O) groups is 1. The molecule has 0 radical (unpaired) electrons. The molecule has 6 heteroatoms. The molecule has 2 aliphatic rings. The fourth-order valence-corrected chi connectivity index (χ4v) is 5.07. The molecule has 1 saturated heterocycles. The SMILES string of the molecule is Cc1ccc(C(C)C)cc1S(=O)(=O)N1CCCN(C(=O)C2CC2)CC1. The van der Waals surface area contributed by atoms with Gasteiger partial charge in [0.25, 0.3) is 0 Å². The Morgan fingerprint density at radius 1 is 1.12 bits per heavy atom. The molecule has 5 nitrogen and oxygen atoms in total. The van der Waals surface area contributed by atoms with E-state index >= 15 is 0 Å². The Morgan fingerprint density at radius 2 is 1.84 bits per heavy atom. The van der Waals surface area contributed by atoms with E-state index in [0.717, 1.165) is 24.0 Å². The lowest BCUT2D eigenvalue weighted by Crippen LogP contribution is -2.38. The highest BCUT2D eigenvalue weighted by atomic mass is 32.2. The van der Waals surface area contributed by atoms with Crippen molar-refractivity contribution in [3.05, 3.63) is 29.3 Å². The Kier molecular flexibility index (Phi) is 5.21. The van der Waals surface area contributed by atoms with Gasteiger partial charge >= 0.3 is 0 Å². The zero-order valence-electron chi connectivity index (χ0n) is 15.4. The highest BCUT2D eigenvalue weighted by Gasteiger charge is 2.35. The standard InChI is InChI=1S/C19H28N2O3S/c1-14(2)17-6-5-15(3)18(13-17)25(23,24)21-10-4-9-20(11-12-21)19(22)16-7-8-16/h5-6,13-14,16H,4,7-12H2,1-3H3. The van der Waals surface area contributed by atoms with Crippen LogP contribution in [0.15, 0.2) is 23.1 Å². The summed E-state index contributed by atoms with van der Waals surface area (Å²) in [5, 5.41) is 0. The summed E-state index contributed by atoms with van der Waals surface area (Å²) < 4.78 is 27.9. The van der Waals surface area contributed by atoms with Gasteiger partial charge in [0.05, 0.1) is 4.90 Å². The van der Waals surface area contributed by atoms with E-state index in [-0.39, 0.29) is 17.7 Å². The molecule has 1 saturated carbocycles. The predicted octanol–water partition coefficient (Wildman–Crippen LogP) is 2.75. The third-order valence-corrected chi connectivity index (χ3v) is 7.23. The average Bonchev–Trinajstić information content (AvgIpc) is 3.40. The molecule has 3 rings (SSSR count). The molecule has 1 aromatic carbocycles. The van der Waals surface area contributed by atoms with Crippen LogP contribution in [0.4, 0.5) is 0 Å². The van der Waals surface area contributed by atoms with Gasteiger partial charge in [-0.1, -0.05) is 26.0 Å². The van der Waals surface area contributed by atoms with Crippen LogP contribution in [0, 0.1) is 12.8 Å². The van der Waals surface area contributed by atoms with Gasteiger partial charge in [-0.25, -0.2) is 8.42 Å². The molecule has 25 heavy (non-hydrogen) atoms. The molecule has 0 N–H and O–H groups in total. The normalized spacial score (nSPS) is 19.9. The van der Waals surface area contributed by atoms with Crippen LogP contribution >= 0.6 is 0 Å². The summed E-state index contributed by atoms with van der Waals surface area (Å²) in [4.78, 5) is 14.5. The van der Waals surface area contributed by atoms with Gasteiger partial charge in [-0.3, -0.25) is 4.79 Å². The number of nitrogens with zero attached hydrogens (tertiary/aromatic N) is 2. The maximum atomic E-state index is 13.2. The summed E-state index contributed by atoms with van der Waals surface area (Å²) in [5.74, 6) is 0.677. The second-order valence-electron chi connectivity index (χ2n) is 7.54. The van der Waals surface area contributed by atoms with E-state index in [0.29, 0.717) is 37.5 Å². The van der Waals surface area contributed by atoms with Crippen molar-refractivity contribution in [1.29, 1.82) is 0 Å². The molecule has 0 atom stereocenters. The molecule has 1 amide bonds. The quantitative estimate of drug-likeness (QED) is 0.825. The van der Waals surface area contributed by atoms with E-state index in [2.05, 4.69) is 13.8 Å². The van der Waals surface area contributed by atoms with Crippen molar-refractivity contribution in [2.45, 2.75) is 50.8 Å². The summed E-state index contributed by atoms with van der Waals surface area (Å²) in [6.45, 7) is 7.98. The number of benzene rings is 1. The van der Waals surface area contributed by atoms with Crippen molar-refractivity contribution >= 4 is 15.9 Å². The second kappa shape index (κ2) is 7.08. The van der Waals surface area contributed by atoms with Crippen molar-refractivity contribution in [3.63, 3.8) is 0 Å². The van der Waals surface area contributed by atoms with Crippen LogP contribution < -0.4 is 0 Å². The highest BCUT2D eigenvalue weighted by molar-refractivity contribution is 7.89. The van der Waals surface area contributed by atoms with E-state index in [4.69, 9.17) is 0 Å². The Balaban J connectivity index is 1.80. The Bertz CT molecular complexity index is 754. The second-order valence-corrected chi connectivity index (χ2v) is 9.44. The smallest absolute Gasteiger partial charge is 0.243 e. The van der Waals surface area contributed by atoms with Gasteiger partial charge in [0.2, 0.25) is 15.9 Å². The summed E-state index contributed by atoms with van der Waals surface area (Å²) >= 11 is 0. The number of aryl methyl sites for hydroxylation is 1. The first kappa shape index (κ1) is 18.4. The van der Waals surface area contributed by atoms with Crippen molar-refractivity contribution < 1.29 is 13.2 Å². The monoisotopic (exact) mass is 364 g/mol. The third-order valence-electron chi connectivity index (χ3n) is 5.19. The van der Waals surface area contributed by atoms with Gasteiger partial charge in [-0.05, 0) is 49.3 Å². The minimum absolute atomic E-state index is 0.188. The zero-order chi connectivity index (χ0) is 18.2. The van der Waals surface area contributed by atoms with Crippen molar-refractivity contribution in [1.82, 2.24) is 9.21 Å². The van der Waals surface area contributed by atoms with Gasteiger partial charge in [0, 0.05) is 32.1 Å². The topological polar surface area (TPSA) is 57.7 Å². The lowest BCUT2D eigenvalue weighted by molar-refractivity contribution is -0.132. The highest BCUT2D eigenvalue weighted by Crippen LogP contribution is 2.32. The molecular weight excluding hydrogens is 336 g/mol. The molecule has 1 heterocycles. The van der Waals surface area contributed by atoms with E-state index in [9.17, 15) is 13.2 Å². The first-order chi connectivity index (χ1) is 11.8. The molecule has 1 aliphatic carbocycles.